The number of amides is 2. The smallest absolute Gasteiger partial charge is 0.317 e. The maximum Gasteiger partial charge on any atom is 0.317 e. The summed E-state index contributed by atoms with van der Waals surface area (Å²) in [5, 5.41) is 6.62. The zero-order chi connectivity index (χ0) is 12.1. The molecule has 2 amide bonds. The van der Waals surface area contributed by atoms with Crippen LogP contribution in [0, 0.1) is 0 Å². The Bertz CT molecular complexity index is 243. The minimum Gasteiger partial charge on any atom is -0.335 e. The molecule has 0 radical (unpaired) electrons. The van der Waals surface area contributed by atoms with Gasteiger partial charge >= 0.3 is 6.03 Å². The van der Waals surface area contributed by atoms with Gasteiger partial charge in [-0.05, 0) is 32.2 Å². The van der Waals surface area contributed by atoms with E-state index in [4.69, 9.17) is 0 Å². The summed E-state index contributed by atoms with van der Waals surface area (Å²) in [7, 11) is 0. The largest absolute Gasteiger partial charge is 0.335 e. The molecule has 2 fully saturated rings. The Morgan fingerprint density at radius 3 is 2.35 bits per heavy atom. The van der Waals surface area contributed by atoms with Crippen LogP contribution >= 0.6 is 0 Å². The van der Waals surface area contributed by atoms with Crippen molar-refractivity contribution >= 4 is 6.03 Å². The van der Waals surface area contributed by atoms with E-state index in [0.29, 0.717) is 12.1 Å². The number of urea groups is 1. The zero-order valence-corrected chi connectivity index (χ0v) is 10.9. The van der Waals surface area contributed by atoms with E-state index in [2.05, 4.69) is 17.6 Å². The highest BCUT2D eigenvalue weighted by Crippen LogP contribution is 2.18. The topological polar surface area (TPSA) is 44.4 Å². The highest BCUT2D eigenvalue weighted by atomic mass is 16.2. The molecule has 1 aliphatic carbocycles. The van der Waals surface area contributed by atoms with Crippen LogP contribution in [0.25, 0.3) is 0 Å². The Morgan fingerprint density at radius 1 is 1.12 bits per heavy atom. The molecule has 0 bridgehead atoms. The minimum atomic E-state index is 0.159. The van der Waals surface area contributed by atoms with Crippen LogP contribution in [0.2, 0.25) is 0 Å². The number of carbonyl (C=O) groups is 1. The summed E-state index contributed by atoms with van der Waals surface area (Å²) in [5.74, 6) is 0. The third-order valence-electron chi connectivity index (χ3n) is 3.96. The Kier molecular flexibility index (Phi) is 4.66. The van der Waals surface area contributed by atoms with Gasteiger partial charge in [-0.1, -0.05) is 19.8 Å². The first-order valence-corrected chi connectivity index (χ1v) is 7.08. The molecule has 0 atom stereocenters. The summed E-state index contributed by atoms with van der Waals surface area (Å²) in [4.78, 5) is 14.0. The fourth-order valence-corrected chi connectivity index (χ4v) is 2.91. The summed E-state index contributed by atoms with van der Waals surface area (Å²) in [6.45, 7) is 4.96. The average Bonchev–Trinajstić information content (AvgIpc) is 2.83. The third kappa shape index (κ3) is 3.60. The molecular formula is C13H25N3O. The van der Waals surface area contributed by atoms with Gasteiger partial charge in [0.2, 0.25) is 0 Å². The Labute approximate surface area is 104 Å². The summed E-state index contributed by atoms with van der Waals surface area (Å²) in [6.07, 6.45) is 7.05. The van der Waals surface area contributed by atoms with Crippen molar-refractivity contribution in [2.24, 2.45) is 0 Å². The predicted molar refractivity (Wildman–Crippen MR) is 69.1 cm³/mol. The molecule has 2 rings (SSSR count). The molecule has 0 aromatic rings. The lowest BCUT2D eigenvalue weighted by atomic mass is 10.1. The molecule has 1 saturated heterocycles. The lowest BCUT2D eigenvalue weighted by Crippen LogP contribution is -2.50. The van der Waals surface area contributed by atoms with Gasteiger partial charge in [0.05, 0.1) is 0 Å². The van der Waals surface area contributed by atoms with E-state index in [0.717, 1.165) is 32.5 Å². The monoisotopic (exact) mass is 239 g/mol. The van der Waals surface area contributed by atoms with Crippen LogP contribution in [0.3, 0.4) is 0 Å². The van der Waals surface area contributed by atoms with Crippen molar-refractivity contribution in [2.75, 3.05) is 19.6 Å². The van der Waals surface area contributed by atoms with Crippen molar-refractivity contribution < 1.29 is 4.79 Å². The second-order valence-corrected chi connectivity index (χ2v) is 5.25. The highest BCUT2D eigenvalue weighted by Gasteiger charge is 2.24. The number of piperidine rings is 1. The molecule has 17 heavy (non-hydrogen) atoms. The lowest BCUT2D eigenvalue weighted by Gasteiger charge is -2.33. The number of hydrogen-bond acceptors (Lipinski definition) is 2. The van der Waals surface area contributed by atoms with E-state index in [1.54, 1.807) is 0 Å². The van der Waals surface area contributed by atoms with Crippen LogP contribution in [0.4, 0.5) is 4.79 Å². The number of likely N-dealkylation sites (tertiary alicyclic amines) is 1. The van der Waals surface area contributed by atoms with Gasteiger partial charge in [0.1, 0.15) is 0 Å². The van der Waals surface area contributed by atoms with Crippen molar-refractivity contribution in [3.63, 3.8) is 0 Å². The Hall–Kier alpha value is -0.770. The first-order chi connectivity index (χ1) is 8.29. The zero-order valence-electron chi connectivity index (χ0n) is 10.9. The quantitative estimate of drug-likeness (QED) is 0.787. The summed E-state index contributed by atoms with van der Waals surface area (Å²) >= 11 is 0. The molecule has 1 aliphatic heterocycles. The van der Waals surface area contributed by atoms with E-state index in [9.17, 15) is 4.79 Å². The van der Waals surface area contributed by atoms with Crippen molar-refractivity contribution in [2.45, 2.75) is 57.5 Å². The number of carbonyl (C=O) groups excluding carboxylic acids is 1. The predicted octanol–water partition coefficient (Wildman–Crippen LogP) is 1.71. The summed E-state index contributed by atoms with van der Waals surface area (Å²) in [5.41, 5.74) is 0. The van der Waals surface area contributed by atoms with Crippen LogP contribution in [0.15, 0.2) is 0 Å². The summed E-state index contributed by atoms with van der Waals surface area (Å²) in [6, 6.07) is 1.20. The molecule has 2 N–H and O–H groups in total. The van der Waals surface area contributed by atoms with Crippen molar-refractivity contribution in [1.29, 1.82) is 0 Å². The van der Waals surface area contributed by atoms with Crippen LogP contribution in [0.1, 0.15) is 45.4 Å². The molecule has 98 valence electrons. The molecule has 2 aliphatic rings. The van der Waals surface area contributed by atoms with Gasteiger partial charge in [-0.2, -0.15) is 0 Å². The van der Waals surface area contributed by atoms with E-state index in [1.807, 2.05) is 4.90 Å². The molecule has 0 aromatic carbocycles. The summed E-state index contributed by atoms with van der Waals surface area (Å²) < 4.78 is 0. The SMILES string of the molecule is CCNC1CCN(C(=O)NC2CCCC2)CC1. The average molecular weight is 239 g/mol. The van der Waals surface area contributed by atoms with Gasteiger partial charge in [0, 0.05) is 25.2 Å². The van der Waals surface area contributed by atoms with Crippen LogP contribution in [-0.2, 0) is 0 Å². The molecule has 0 spiro atoms. The van der Waals surface area contributed by atoms with Gasteiger partial charge in [-0.15, -0.1) is 0 Å². The van der Waals surface area contributed by atoms with Gasteiger partial charge in [0.25, 0.3) is 0 Å². The van der Waals surface area contributed by atoms with Crippen molar-refractivity contribution in [3.05, 3.63) is 0 Å². The lowest BCUT2D eigenvalue weighted by molar-refractivity contribution is 0.173. The number of nitrogens with one attached hydrogen (secondary N) is 2. The molecular weight excluding hydrogens is 214 g/mol. The normalized spacial score (nSPS) is 23.0. The van der Waals surface area contributed by atoms with Gasteiger partial charge in [0.15, 0.2) is 0 Å². The van der Waals surface area contributed by atoms with Gasteiger partial charge < -0.3 is 15.5 Å². The molecule has 4 nitrogen and oxygen atoms in total. The van der Waals surface area contributed by atoms with E-state index < -0.39 is 0 Å². The Morgan fingerprint density at radius 2 is 1.76 bits per heavy atom. The maximum atomic E-state index is 12.0. The van der Waals surface area contributed by atoms with E-state index in [-0.39, 0.29) is 6.03 Å². The first kappa shape index (κ1) is 12.7. The third-order valence-corrected chi connectivity index (χ3v) is 3.96. The van der Waals surface area contributed by atoms with Gasteiger partial charge in [-0.25, -0.2) is 4.79 Å². The number of hydrogen-bond donors (Lipinski definition) is 2. The van der Waals surface area contributed by atoms with Crippen LogP contribution in [0.5, 0.6) is 0 Å². The maximum absolute atomic E-state index is 12.0. The second kappa shape index (κ2) is 6.24. The second-order valence-electron chi connectivity index (χ2n) is 5.25. The van der Waals surface area contributed by atoms with E-state index >= 15 is 0 Å². The fourth-order valence-electron chi connectivity index (χ4n) is 2.91. The molecule has 1 heterocycles. The number of nitrogens with zero attached hydrogens (tertiary/aromatic N) is 1. The molecule has 4 heteroatoms. The van der Waals surface area contributed by atoms with Gasteiger partial charge in [-0.3, -0.25) is 0 Å². The number of rotatable bonds is 3. The van der Waals surface area contributed by atoms with Crippen molar-refractivity contribution in [1.82, 2.24) is 15.5 Å². The van der Waals surface area contributed by atoms with E-state index in [1.165, 1.54) is 25.7 Å². The molecule has 0 aromatic heterocycles. The molecule has 0 unspecified atom stereocenters. The standard InChI is InChI=1S/C13H25N3O/c1-2-14-11-7-9-16(10-8-11)13(17)15-12-5-3-4-6-12/h11-12,14H,2-10H2,1H3,(H,15,17). The first-order valence-electron chi connectivity index (χ1n) is 7.08. The van der Waals surface area contributed by atoms with Crippen molar-refractivity contribution in [3.8, 4) is 0 Å². The Balaban J connectivity index is 1.70. The van der Waals surface area contributed by atoms with Crippen LogP contribution < -0.4 is 10.6 Å². The minimum absolute atomic E-state index is 0.159. The molecule has 1 saturated carbocycles. The fraction of sp³-hybridized carbons (Fsp3) is 0.923. The van der Waals surface area contributed by atoms with Crippen LogP contribution in [-0.4, -0.2) is 42.6 Å². The highest BCUT2D eigenvalue weighted by molar-refractivity contribution is 5.74.